The highest BCUT2D eigenvalue weighted by atomic mass is 16.2. The quantitative estimate of drug-likeness (QED) is 0.674. The average molecular weight is 422 g/mol. The molecule has 2 aromatic rings. The van der Waals surface area contributed by atoms with Crippen molar-refractivity contribution >= 4 is 22.7 Å². The van der Waals surface area contributed by atoms with Gasteiger partial charge in [-0.3, -0.25) is 14.6 Å². The molecule has 166 valence electrons. The molecule has 2 heterocycles. The number of carbonyl (C=O) groups is 2. The Bertz CT molecular complexity index is 898. The maximum Gasteiger partial charge on any atom is 0.222 e. The summed E-state index contributed by atoms with van der Waals surface area (Å²) in [5.74, 6) is 1.51. The second-order valence-corrected chi connectivity index (χ2v) is 9.52. The summed E-state index contributed by atoms with van der Waals surface area (Å²) in [4.78, 5) is 33.7. The van der Waals surface area contributed by atoms with Gasteiger partial charge in [-0.25, -0.2) is 0 Å². The van der Waals surface area contributed by atoms with E-state index >= 15 is 0 Å². The van der Waals surface area contributed by atoms with Gasteiger partial charge in [0.25, 0.3) is 0 Å². The second-order valence-electron chi connectivity index (χ2n) is 9.52. The van der Waals surface area contributed by atoms with Crippen LogP contribution in [-0.2, 0) is 16.1 Å². The summed E-state index contributed by atoms with van der Waals surface area (Å²) in [5.41, 5.74) is 2.10. The van der Waals surface area contributed by atoms with Gasteiger partial charge in [-0.2, -0.15) is 0 Å². The normalized spacial score (nSPS) is 18.3. The van der Waals surface area contributed by atoms with Crippen molar-refractivity contribution in [2.45, 2.75) is 64.3 Å². The molecule has 0 radical (unpaired) electrons. The molecule has 2 aliphatic rings. The number of carbonyl (C=O) groups excluding carboxylic acids is 2. The fourth-order valence-corrected chi connectivity index (χ4v) is 5.14. The third-order valence-electron chi connectivity index (χ3n) is 7.13. The Hall–Kier alpha value is -2.43. The van der Waals surface area contributed by atoms with E-state index in [1.54, 1.807) is 6.20 Å². The van der Waals surface area contributed by atoms with E-state index in [9.17, 15) is 9.59 Å². The van der Waals surface area contributed by atoms with Gasteiger partial charge in [0, 0.05) is 51.1 Å². The van der Waals surface area contributed by atoms with Crippen molar-refractivity contribution in [1.82, 2.24) is 14.8 Å². The van der Waals surface area contributed by atoms with Crippen molar-refractivity contribution in [3.8, 4) is 0 Å². The Morgan fingerprint density at radius 3 is 2.52 bits per heavy atom. The largest absolute Gasteiger partial charge is 0.343 e. The third kappa shape index (κ3) is 5.84. The standard InChI is InChI=1S/C26H35N3O2/c1-28(19-22-9-10-24-23(16-22)8-5-13-27-24)25(30)17-21-11-14-29(15-12-21)26(31)18-20-6-3-2-4-7-20/h5,8-10,13,16,20-21H,2-4,6-7,11-12,14-15,17-19H2,1H3. The van der Waals surface area contributed by atoms with Crippen LogP contribution >= 0.6 is 0 Å². The first-order valence-corrected chi connectivity index (χ1v) is 11.9. The van der Waals surface area contributed by atoms with Crippen molar-refractivity contribution in [2.24, 2.45) is 11.8 Å². The van der Waals surface area contributed by atoms with Crippen molar-refractivity contribution in [1.29, 1.82) is 0 Å². The number of likely N-dealkylation sites (tertiary alicyclic amines) is 1. The molecule has 1 aromatic heterocycles. The van der Waals surface area contributed by atoms with Crippen LogP contribution in [0.25, 0.3) is 10.9 Å². The zero-order chi connectivity index (χ0) is 21.6. The van der Waals surface area contributed by atoms with Crippen molar-refractivity contribution in [2.75, 3.05) is 20.1 Å². The number of fused-ring (bicyclic) bond motifs is 1. The van der Waals surface area contributed by atoms with Gasteiger partial charge in [0.1, 0.15) is 0 Å². The summed E-state index contributed by atoms with van der Waals surface area (Å²) in [7, 11) is 1.89. The maximum absolute atomic E-state index is 12.8. The molecule has 1 saturated heterocycles. The molecule has 1 aromatic carbocycles. The molecule has 5 nitrogen and oxygen atoms in total. The van der Waals surface area contributed by atoms with Crippen LogP contribution < -0.4 is 0 Å². The number of nitrogens with zero attached hydrogens (tertiary/aromatic N) is 3. The Morgan fingerprint density at radius 2 is 1.74 bits per heavy atom. The summed E-state index contributed by atoms with van der Waals surface area (Å²) >= 11 is 0. The fourth-order valence-electron chi connectivity index (χ4n) is 5.14. The second kappa shape index (κ2) is 10.3. The van der Waals surface area contributed by atoms with Gasteiger partial charge < -0.3 is 9.80 Å². The summed E-state index contributed by atoms with van der Waals surface area (Å²) in [6.07, 6.45) is 11.3. The third-order valence-corrected chi connectivity index (χ3v) is 7.13. The minimum atomic E-state index is 0.193. The van der Waals surface area contributed by atoms with Gasteiger partial charge in [0.05, 0.1) is 5.52 Å². The van der Waals surface area contributed by atoms with E-state index in [-0.39, 0.29) is 5.91 Å². The molecule has 0 atom stereocenters. The molecule has 1 aliphatic heterocycles. The molecular weight excluding hydrogens is 386 g/mol. The van der Waals surface area contributed by atoms with Gasteiger partial charge >= 0.3 is 0 Å². The molecule has 0 bridgehead atoms. The van der Waals surface area contributed by atoms with Crippen LogP contribution in [0.1, 0.15) is 63.4 Å². The van der Waals surface area contributed by atoms with Gasteiger partial charge in [-0.15, -0.1) is 0 Å². The molecular formula is C26H35N3O2. The minimum absolute atomic E-state index is 0.193. The van der Waals surface area contributed by atoms with Crippen LogP contribution in [-0.4, -0.2) is 46.7 Å². The van der Waals surface area contributed by atoms with Crippen LogP contribution in [0.3, 0.4) is 0 Å². The molecule has 2 fully saturated rings. The summed E-state index contributed by atoms with van der Waals surface area (Å²) in [6.45, 7) is 2.23. The zero-order valence-corrected chi connectivity index (χ0v) is 18.8. The van der Waals surface area contributed by atoms with Crippen molar-refractivity contribution < 1.29 is 9.59 Å². The molecule has 5 heteroatoms. The SMILES string of the molecule is CN(Cc1ccc2ncccc2c1)C(=O)CC1CCN(C(=O)CC2CCCCC2)CC1. The van der Waals surface area contributed by atoms with Crippen LogP contribution in [0, 0.1) is 11.8 Å². The highest BCUT2D eigenvalue weighted by molar-refractivity contribution is 5.80. The van der Waals surface area contributed by atoms with Crippen molar-refractivity contribution in [3.05, 3.63) is 42.1 Å². The summed E-state index contributed by atoms with van der Waals surface area (Å²) < 4.78 is 0. The topological polar surface area (TPSA) is 53.5 Å². The molecule has 0 N–H and O–H groups in total. The minimum Gasteiger partial charge on any atom is -0.343 e. The lowest BCUT2D eigenvalue weighted by Crippen LogP contribution is -2.40. The van der Waals surface area contributed by atoms with E-state index in [0.29, 0.717) is 30.7 Å². The number of aromatic nitrogens is 1. The van der Waals surface area contributed by atoms with E-state index in [4.69, 9.17) is 0 Å². The summed E-state index contributed by atoms with van der Waals surface area (Å²) in [6, 6.07) is 10.2. The van der Waals surface area contributed by atoms with E-state index in [0.717, 1.165) is 48.8 Å². The molecule has 4 rings (SSSR count). The summed E-state index contributed by atoms with van der Waals surface area (Å²) in [5, 5.41) is 1.10. The number of benzene rings is 1. The molecule has 31 heavy (non-hydrogen) atoms. The van der Waals surface area contributed by atoms with Gasteiger partial charge in [0.2, 0.25) is 11.8 Å². The van der Waals surface area contributed by atoms with E-state index in [1.807, 2.05) is 29.0 Å². The highest BCUT2D eigenvalue weighted by Crippen LogP contribution is 2.28. The van der Waals surface area contributed by atoms with Crippen LogP contribution in [0.5, 0.6) is 0 Å². The molecule has 1 aliphatic carbocycles. The van der Waals surface area contributed by atoms with Gasteiger partial charge in [0.15, 0.2) is 0 Å². The maximum atomic E-state index is 12.8. The molecule has 0 spiro atoms. The number of rotatable bonds is 6. The van der Waals surface area contributed by atoms with Crippen LogP contribution in [0.4, 0.5) is 0 Å². The monoisotopic (exact) mass is 421 g/mol. The first-order valence-electron chi connectivity index (χ1n) is 11.9. The highest BCUT2D eigenvalue weighted by Gasteiger charge is 2.27. The first kappa shape index (κ1) is 21.8. The van der Waals surface area contributed by atoms with Crippen LogP contribution in [0.15, 0.2) is 36.5 Å². The predicted octanol–water partition coefficient (Wildman–Crippen LogP) is 4.79. The van der Waals surface area contributed by atoms with Gasteiger partial charge in [-0.1, -0.05) is 31.4 Å². The Labute approximate surface area is 185 Å². The Kier molecular flexibility index (Phi) is 7.21. The predicted molar refractivity (Wildman–Crippen MR) is 123 cm³/mol. The first-order chi connectivity index (χ1) is 15.1. The molecule has 2 amide bonds. The van der Waals surface area contributed by atoms with Crippen molar-refractivity contribution in [3.63, 3.8) is 0 Å². The van der Waals surface area contributed by atoms with E-state index in [1.165, 1.54) is 32.1 Å². The number of piperidine rings is 1. The average Bonchev–Trinajstić information content (AvgIpc) is 2.80. The lowest BCUT2D eigenvalue weighted by Gasteiger charge is -2.33. The molecule has 1 saturated carbocycles. The Morgan fingerprint density at radius 1 is 1.00 bits per heavy atom. The lowest BCUT2D eigenvalue weighted by molar-refractivity contribution is -0.134. The van der Waals surface area contributed by atoms with Gasteiger partial charge in [-0.05, 0) is 61.3 Å². The van der Waals surface area contributed by atoms with Crippen LogP contribution in [0.2, 0.25) is 0 Å². The number of hydrogen-bond acceptors (Lipinski definition) is 3. The lowest BCUT2D eigenvalue weighted by atomic mass is 9.86. The number of hydrogen-bond donors (Lipinski definition) is 0. The number of pyridine rings is 1. The molecule has 0 unspecified atom stereocenters. The van der Waals surface area contributed by atoms with E-state index < -0.39 is 0 Å². The fraction of sp³-hybridized carbons (Fsp3) is 0.577. The Balaban J connectivity index is 1.22. The smallest absolute Gasteiger partial charge is 0.222 e. The zero-order valence-electron chi connectivity index (χ0n) is 18.8. The van der Waals surface area contributed by atoms with E-state index in [2.05, 4.69) is 23.2 Å². The number of amides is 2.